The number of nitrogen functional groups attached to an aromatic ring is 1. The van der Waals surface area contributed by atoms with Gasteiger partial charge in [0, 0.05) is 17.1 Å². The standard InChI is InChI=1S/C10H11BrN2O2/c1-15-10(14)8-5-7(3-2-4-11)9(12)13-6-8/h2-3,5-6H,4H2,1H3,(H2,12,13). The number of ether oxygens (including phenoxy) is 1. The largest absolute Gasteiger partial charge is 0.465 e. The lowest BCUT2D eigenvalue weighted by atomic mass is 10.2. The third-order valence-corrected chi connectivity index (χ3v) is 2.13. The van der Waals surface area contributed by atoms with E-state index in [1.54, 1.807) is 12.1 Å². The summed E-state index contributed by atoms with van der Waals surface area (Å²) in [5, 5.41) is 0.717. The molecule has 0 saturated carbocycles. The minimum Gasteiger partial charge on any atom is -0.465 e. The van der Waals surface area contributed by atoms with Crippen LogP contribution in [0.2, 0.25) is 0 Å². The second kappa shape index (κ2) is 5.50. The van der Waals surface area contributed by atoms with Gasteiger partial charge in [0.15, 0.2) is 0 Å². The minimum atomic E-state index is -0.420. The molecule has 1 heterocycles. The summed E-state index contributed by atoms with van der Waals surface area (Å²) in [6.07, 6.45) is 5.06. The molecule has 1 aromatic heterocycles. The molecule has 0 atom stereocenters. The van der Waals surface area contributed by atoms with E-state index < -0.39 is 5.97 Å². The quantitative estimate of drug-likeness (QED) is 0.673. The minimum absolute atomic E-state index is 0.389. The molecule has 15 heavy (non-hydrogen) atoms. The molecule has 0 fully saturated rings. The van der Waals surface area contributed by atoms with Gasteiger partial charge in [-0.15, -0.1) is 0 Å². The zero-order valence-electron chi connectivity index (χ0n) is 8.24. The van der Waals surface area contributed by atoms with Gasteiger partial charge in [0.1, 0.15) is 5.82 Å². The van der Waals surface area contributed by atoms with Gasteiger partial charge in [0.2, 0.25) is 0 Å². The molecule has 1 aromatic rings. The number of carbonyl (C=O) groups is 1. The molecule has 0 unspecified atom stereocenters. The monoisotopic (exact) mass is 270 g/mol. The maximum atomic E-state index is 11.2. The lowest BCUT2D eigenvalue weighted by Gasteiger charge is -2.02. The van der Waals surface area contributed by atoms with Crippen LogP contribution in [0.1, 0.15) is 15.9 Å². The van der Waals surface area contributed by atoms with E-state index in [4.69, 9.17) is 5.73 Å². The number of carbonyl (C=O) groups excluding carboxylic acids is 1. The molecule has 0 aliphatic rings. The Morgan fingerprint density at radius 1 is 1.73 bits per heavy atom. The van der Waals surface area contributed by atoms with Crippen LogP contribution in [0.25, 0.3) is 6.08 Å². The topological polar surface area (TPSA) is 65.2 Å². The molecule has 0 radical (unpaired) electrons. The molecule has 1 rings (SSSR count). The Morgan fingerprint density at radius 2 is 2.47 bits per heavy atom. The zero-order chi connectivity index (χ0) is 11.3. The molecule has 5 heteroatoms. The average Bonchev–Trinajstić information content (AvgIpc) is 2.27. The summed E-state index contributed by atoms with van der Waals surface area (Å²) in [4.78, 5) is 15.1. The number of nitrogens with zero attached hydrogens (tertiary/aromatic N) is 1. The number of alkyl halides is 1. The third-order valence-electron chi connectivity index (χ3n) is 1.76. The first-order valence-electron chi connectivity index (χ1n) is 4.25. The summed E-state index contributed by atoms with van der Waals surface area (Å²) in [7, 11) is 1.33. The van der Waals surface area contributed by atoms with Crippen LogP contribution >= 0.6 is 15.9 Å². The van der Waals surface area contributed by atoms with Crippen LogP contribution in [0.5, 0.6) is 0 Å². The fraction of sp³-hybridized carbons (Fsp3) is 0.200. The van der Waals surface area contributed by atoms with Crippen molar-refractivity contribution in [1.82, 2.24) is 4.98 Å². The van der Waals surface area contributed by atoms with Crippen molar-refractivity contribution in [3.05, 3.63) is 29.5 Å². The van der Waals surface area contributed by atoms with E-state index in [1.807, 2.05) is 6.08 Å². The fourth-order valence-corrected chi connectivity index (χ4v) is 1.21. The van der Waals surface area contributed by atoms with E-state index in [-0.39, 0.29) is 0 Å². The number of halogens is 1. The number of hydrogen-bond acceptors (Lipinski definition) is 4. The van der Waals surface area contributed by atoms with Crippen molar-refractivity contribution < 1.29 is 9.53 Å². The number of pyridine rings is 1. The van der Waals surface area contributed by atoms with Gasteiger partial charge in [-0.2, -0.15) is 0 Å². The third kappa shape index (κ3) is 3.06. The molecule has 0 saturated heterocycles. The van der Waals surface area contributed by atoms with Gasteiger partial charge >= 0.3 is 5.97 Å². The number of nitrogens with two attached hydrogens (primary N) is 1. The maximum Gasteiger partial charge on any atom is 0.339 e. The fourth-order valence-electron chi connectivity index (χ4n) is 1.03. The van der Waals surface area contributed by atoms with Crippen molar-refractivity contribution in [3.8, 4) is 0 Å². The van der Waals surface area contributed by atoms with Crippen LogP contribution in [0.4, 0.5) is 5.82 Å². The number of aromatic nitrogens is 1. The number of allylic oxidation sites excluding steroid dienone is 1. The lowest BCUT2D eigenvalue weighted by molar-refractivity contribution is 0.0600. The summed E-state index contributed by atoms with van der Waals surface area (Å²) in [5.74, 6) is -0.0316. The Labute approximate surface area is 96.3 Å². The highest BCUT2D eigenvalue weighted by Crippen LogP contribution is 2.13. The first kappa shape index (κ1) is 11.7. The van der Waals surface area contributed by atoms with Gasteiger partial charge < -0.3 is 10.5 Å². The van der Waals surface area contributed by atoms with E-state index >= 15 is 0 Å². The van der Waals surface area contributed by atoms with Crippen LogP contribution in [0, 0.1) is 0 Å². The summed E-state index contributed by atoms with van der Waals surface area (Å²) in [6.45, 7) is 0. The Kier molecular flexibility index (Phi) is 4.30. The SMILES string of the molecule is COC(=O)c1cnc(N)c(C=CCBr)c1. The first-order chi connectivity index (χ1) is 7.19. The molecule has 0 bridgehead atoms. The Hall–Kier alpha value is -1.36. The molecule has 0 aliphatic carbocycles. The van der Waals surface area contributed by atoms with E-state index in [0.29, 0.717) is 16.9 Å². The van der Waals surface area contributed by atoms with E-state index in [2.05, 4.69) is 25.7 Å². The molecular weight excluding hydrogens is 260 g/mol. The van der Waals surface area contributed by atoms with Gasteiger partial charge in [-0.1, -0.05) is 28.1 Å². The number of methoxy groups -OCH3 is 1. The van der Waals surface area contributed by atoms with E-state index in [1.165, 1.54) is 13.3 Å². The molecule has 4 nitrogen and oxygen atoms in total. The van der Waals surface area contributed by atoms with Crippen LogP contribution in [-0.4, -0.2) is 23.4 Å². The van der Waals surface area contributed by atoms with Crippen LogP contribution in [0.15, 0.2) is 18.3 Å². The molecule has 0 aromatic carbocycles. The number of esters is 1. The van der Waals surface area contributed by atoms with Gasteiger partial charge in [-0.25, -0.2) is 9.78 Å². The normalized spacial score (nSPS) is 10.5. The Morgan fingerprint density at radius 3 is 3.07 bits per heavy atom. The zero-order valence-corrected chi connectivity index (χ0v) is 9.82. The summed E-state index contributed by atoms with van der Waals surface area (Å²) in [6, 6.07) is 1.65. The van der Waals surface area contributed by atoms with Crippen molar-refractivity contribution in [2.24, 2.45) is 0 Å². The number of rotatable bonds is 3. The molecule has 0 spiro atoms. The van der Waals surface area contributed by atoms with Crippen LogP contribution in [-0.2, 0) is 4.74 Å². The van der Waals surface area contributed by atoms with Crippen LogP contribution in [0.3, 0.4) is 0 Å². The summed E-state index contributed by atoms with van der Waals surface area (Å²) < 4.78 is 4.58. The smallest absolute Gasteiger partial charge is 0.339 e. The van der Waals surface area contributed by atoms with Gasteiger partial charge in [-0.05, 0) is 6.07 Å². The lowest BCUT2D eigenvalue weighted by Crippen LogP contribution is -2.04. The highest BCUT2D eigenvalue weighted by molar-refractivity contribution is 9.09. The summed E-state index contributed by atoms with van der Waals surface area (Å²) in [5.41, 5.74) is 6.74. The molecule has 80 valence electrons. The highest BCUT2D eigenvalue weighted by Gasteiger charge is 2.07. The van der Waals surface area contributed by atoms with Gasteiger partial charge in [-0.3, -0.25) is 0 Å². The van der Waals surface area contributed by atoms with Crippen molar-refractivity contribution in [2.75, 3.05) is 18.2 Å². The Bertz CT molecular complexity index is 391. The molecule has 2 N–H and O–H groups in total. The van der Waals surface area contributed by atoms with Crippen molar-refractivity contribution >= 4 is 33.8 Å². The van der Waals surface area contributed by atoms with Crippen molar-refractivity contribution in [2.45, 2.75) is 0 Å². The number of anilines is 1. The Balaban J connectivity index is 3.05. The van der Waals surface area contributed by atoms with Crippen molar-refractivity contribution in [3.63, 3.8) is 0 Å². The summed E-state index contributed by atoms with van der Waals surface area (Å²) >= 11 is 3.25. The number of hydrogen-bond donors (Lipinski definition) is 1. The van der Waals surface area contributed by atoms with Crippen LogP contribution < -0.4 is 5.73 Å². The molecular formula is C10H11BrN2O2. The van der Waals surface area contributed by atoms with E-state index in [0.717, 1.165) is 5.33 Å². The van der Waals surface area contributed by atoms with E-state index in [9.17, 15) is 4.79 Å². The highest BCUT2D eigenvalue weighted by atomic mass is 79.9. The molecule has 0 aliphatic heterocycles. The maximum absolute atomic E-state index is 11.2. The average molecular weight is 271 g/mol. The second-order valence-electron chi connectivity index (χ2n) is 2.75. The predicted octanol–water partition coefficient (Wildman–Crippen LogP) is 1.86. The first-order valence-corrected chi connectivity index (χ1v) is 5.37. The predicted molar refractivity (Wildman–Crippen MR) is 62.8 cm³/mol. The van der Waals surface area contributed by atoms with Crippen molar-refractivity contribution in [1.29, 1.82) is 0 Å². The van der Waals surface area contributed by atoms with Gasteiger partial charge in [0.05, 0.1) is 12.7 Å². The van der Waals surface area contributed by atoms with Gasteiger partial charge in [0.25, 0.3) is 0 Å². The second-order valence-corrected chi connectivity index (χ2v) is 3.39. The molecule has 0 amide bonds.